The monoisotopic (exact) mass is 419 g/mol. The summed E-state index contributed by atoms with van der Waals surface area (Å²) in [5.41, 5.74) is 0.707. The maximum atomic E-state index is 12.0. The maximum absolute atomic E-state index is 12.0. The van der Waals surface area contributed by atoms with Crippen molar-refractivity contribution in [1.29, 1.82) is 0 Å². The molecule has 0 bridgehead atoms. The van der Waals surface area contributed by atoms with Crippen molar-refractivity contribution in [1.82, 2.24) is 4.90 Å². The van der Waals surface area contributed by atoms with Crippen molar-refractivity contribution in [3.63, 3.8) is 0 Å². The third kappa shape index (κ3) is 9.94. The van der Waals surface area contributed by atoms with E-state index in [1.807, 2.05) is 32.9 Å². The van der Waals surface area contributed by atoms with Gasteiger partial charge in [0.05, 0.1) is 25.7 Å². The fraction of sp³-hybridized carbons (Fsp3) is 0.720. The van der Waals surface area contributed by atoms with Gasteiger partial charge in [0, 0.05) is 19.6 Å². The Bertz CT molecular complexity index is 626. The number of esters is 1. The highest BCUT2D eigenvalue weighted by Gasteiger charge is 2.24. The topological polar surface area (TPSA) is 48.0 Å². The SMILES string of the molecule is CCCCCCCCOc1cccc(C2CN(CCC(=O)OC(C)(C)C)CCO2)c1. The number of hydrogen-bond donors (Lipinski definition) is 0. The number of nitrogens with zero attached hydrogens (tertiary/aromatic N) is 1. The van der Waals surface area contributed by atoms with E-state index >= 15 is 0 Å². The van der Waals surface area contributed by atoms with E-state index in [9.17, 15) is 4.79 Å². The summed E-state index contributed by atoms with van der Waals surface area (Å²) in [4.78, 5) is 14.3. The molecule has 1 fully saturated rings. The number of morpholine rings is 1. The fourth-order valence-corrected chi connectivity index (χ4v) is 3.63. The average molecular weight is 420 g/mol. The summed E-state index contributed by atoms with van der Waals surface area (Å²) in [5, 5.41) is 0. The van der Waals surface area contributed by atoms with E-state index in [4.69, 9.17) is 14.2 Å². The molecule has 1 unspecified atom stereocenters. The van der Waals surface area contributed by atoms with Crippen LogP contribution in [-0.2, 0) is 14.3 Å². The summed E-state index contributed by atoms with van der Waals surface area (Å²) in [6.45, 7) is 11.7. The second-order valence-electron chi connectivity index (χ2n) is 9.19. The zero-order valence-electron chi connectivity index (χ0n) is 19.5. The van der Waals surface area contributed by atoms with Gasteiger partial charge < -0.3 is 14.2 Å². The van der Waals surface area contributed by atoms with Gasteiger partial charge in [0.2, 0.25) is 0 Å². The van der Waals surface area contributed by atoms with Crippen LogP contribution < -0.4 is 4.74 Å². The molecule has 0 aliphatic carbocycles. The lowest BCUT2D eigenvalue weighted by Crippen LogP contribution is -2.40. The van der Waals surface area contributed by atoms with Crippen LogP contribution in [0.25, 0.3) is 0 Å². The quantitative estimate of drug-likeness (QED) is 0.329. The van der Waals surface area contributed by atoms with Crippen molar-refractivity contribution in [2.45, 2.75) is 84.3 Å². The zero-order chi connectivity index (χ0) is 21.8. The first-order chi connectivity index (χ1) is 14.4. The van der Waals surface area contributed by atoms with Crippen molar-refractivity contribution < 1.29 is 19.0 Å². The van der Waals surface area contributed by atoms with Gasteiger partial charge >= 0.3 is 5.97 Å². The molecule has 170 valence electrons. The van der Waals surface area contributed by atoms with Gasteiger partial charge in [0.15, 0.2) is 0 Å². The number of carbonyl (C=O) groups is 1. The van der Waals surface area contributed by atoms with E-state index < -0.39 is 5.60 Å². The van der Waals surface area contributed by atoms with Crippen LogP contribution in [0.5, 0.6) is 5.75 Å². The minimum Gasteiger partial charge on any atom is -0.494 e. The lowest BCUT2D eigenvalue weighted by molar-refractivity contribution is -0.155. The van der Waals surface area contributed by atoms with E-state index in [0.717, 1.165) is 37.4 Å². The normalized spacial score (nSPS) is 17.7. The second-order valence-corrected chi connectivity index (χ2v) is 9.19. The first-order valence-corrected chi connectivity index (χ1v) is 11.7. The number of carbonyl (C=O) groups excluding carboxylic acids is 1. The van der Waals surface area contributed by atoms with E-state index in [1.165, 1.54) is 32.1 Å². The smallest absolute Gasteiger partial charge is 0.307 e. The molecule has 1 saturated heterocycles. The third-order valence-corrected chi connectivity index (χ3v) is 5.20. The molecule has 1 aliphatic rings. The fourth-order valence-electron chi connectivity index (χ4n) is 3.63. The van der Waals surface area contributed by atoms with Gasteiger partial charge in [0.1, 0.15) is 11.4 Å². The van der Waals surface area contributed by atoms with Crippen LogP contribution in [0.15, 0.2) is 24.3 Å². The van der Waals surface area contributed by atoms with Crippen molar-refractivity contribution in [2.75, 3.05) is 32.8 Å². The van der Waals surface area contributed by atoms with Gasteiger partial charge in [0.25, 0.3) is 0 Å². The molecule has 0 radical (unpaired) electrons. The summed E-state index contributed by atoms with van der Waals surface area (Å²) in [6.07, 6.45) is 8.00. The molecule has 0 N–H and O–H groups in total. The van der Waals surface area contributed by atoms with Crippen molar-refractivity contribution in [3.05, 3.63) is 29.8 Å². The zero-order valence-corrected chi connectivity index (χ0v) is 19.5. The second kappa shape index (κ2) is 13.0. The van der Waals surface area contributed by atoms with Crippen LogP contribution in [0, 0.1) is 0 Å². The number of hydrogen-bond acceptors (Lipinski definition) is 5. The molecule has 0 spiro atoms. The maximum Gasteiger partial charge on any atom is 0.307 e. The Balaban J connectivity index is 1.75. The molecule has 1 atom stereocenters. The number of rotatable bonds is 12. The highest BCUT2D eigenvalue weighted by Crippen LogP contribution is 2.26. The summed E-state index contributed by atoms with van der Waals surface area (Å²) in [7, 11) is 0. The van der Waals surface area contributed by atoms with Crippen LogP contribution in [0.2, 0.25) is 0 Å². The Hall–Kier alpha value is -1.59. The third-order valence-electron chi connectivity index (χ3n) is 5.20. The van der Waals surface area contributed by atoms with Crippen molar-refractivity contribution >= 4 is 5.97 Å². The molecular formula is C25H41NO4. The first-order valence-electron chi connectivity index (χ1n) is 11.7. The molecule has 1 aromatic carbocycles. The predicted octanol–water partition coefficient (Wildman–Crippen LogP) is 5.53. The van der Waals surface area contributed by atoms with E-state index in [2.05, 4.69) is 24.0 Å². The summed E-state index contributed by atoms with van der Waals surface area (Å²) in [5.74, 6) is 0.770. The van der Waals surface area contributed by atoms with Crippen LogP contribution in [0.1, 0.15) is 84.3 Å². The lowest BCUT2D eigenvalue weighted by atomic mass is 10.1. The lowest BCUT2D eigenvalue weighted by Gasteiger charge is -2.33. The highest BCUT2D eigenvalue weighted by atomic mass is 16.6. The molecule has 2 rings (SSSR count). The molecular weight excluding hydrogens is 378 g/mol. The van der Waals surface area contributed by atoms with Crippen LogP contribution in [0.4, 0.5) is 0 Å². The van der Waals surface area contributed by atoms with Gasteiger partial charge in [-0.2, -0.15) is 0 Å². The molecule has 1 aliphatic heterocycles. The Labute approximate surface area is 183 Å². The van der Waals surface area contributed by atoms with Crippen LogP contribution in [0.3, 0.4) is 0 Å². The number of ether oxygens (including phenoxy) is 3. The van der Waals surface area contributed by atoms with Crippen molar-refractivity contribution in [3.8, 4) is 5.75 Å². The minimum atomic E-state index is -0.430. The van der Waals surface area contributed by atoms with E-state index in [-0.39, 0.29) is 12.1 Å². The molecule has 5 heteroatoms. The molecule has 30 heavy (non-hydrogen) atoms. The van der Waals surface area contributed by atoms with Crippen molar-refractivity contribution in [2.24, 2.45) is 0 Å². The first kappa shape index (κ1) is 24.7. The molecule has 0 amide bonds. The number of unbranched alkanes of at least 4 members (excludes halogenated alkanes) is 5. The molecule has 1 heterocycles. The molecule has 5 nitrogen and oxygen atoms in total. The van der Waals surface area contributed by atoms with Gasteiger partial charge in [-0.25, -0.2) is 0 Å². The Morgan fingerprint density at radius 2 is 1.93 bits per heavy atom. The largest absolute Gasteiger partial charge is 0.494 e. The summed E-state index contributed by atoms with van der Waals surface area (Å²) < 4.78 is 17.4. The van der Waals surface area contributed by atoms with Crippen LogP contribution in [-0.4, -0.2) is 49.3 Å². The van der Waals surface area contributed by atoms with Gasteiger partial charge in [-0.05, 0) is 44.9 Å². The highest BCUT2D eigenvalue weighted by molar-refractivity contribution is 5.70. The van der Waals surface area contributed by atoms with Gasteiger partial charge in [-0.15, -0.1) is 0 Å². The molecule has 1 aromatic rings. The Kier molecular flexibility index (Phi) is 10.7. The van der Waals surface area contributed by atoms with Gasteiger partial charge in [-0.1, -0.05) is 51.2 Å². The van der Waals surface area contributed by atoms with Crippen LogP contribution >= 0.6 is 0 Å². The minimum absolute atomic E-state index is 0.00924. The van der Waals surface area contributed by atoms with E-state index in [1.54, 1.807) is 0 Å². The Morgan fingerprint density at radius 3 is 2.70 bits per heavy atom. The standard InChI is InChI=1S/C25H41NO4/c1-5-6-7-8-9-10-17-28-22-13-11-12-21(19-22)23-20-26(16-18-29-23)15-14-24(27)30-25(2,3)4/h11-13,19,23H,5-10,14-18,20H2,1-4H3. The molecule has 0 saturated carbocycles. The summed E-state index contributed by atoms with van der Waals surface area (Å²) >= 11 is 0. The molecule has 0 aromatic heterocycles. The van der Waals surface area contributed by atoms with E-state index in [0.29, 0.717) is 19.6 Å². The summed E-state index contributed by atoms with van der Waals surface area (Å²) in [6, 6.07) is 8.25. The number of benzene rings is 1. The average Bonchev–Trinajstić information content (AvgIpc) is 2.71. The Morgan fingerprint density at radius 1 is 1.17 bits per heavy atom. The van der Waals surface area contributed by atoms with Gasteiger partial charge in [-0.3, -0.25) is 9.69 Å². The predicted molar refractivity (Wildman–Crippen MR) is 121 cm³/mol.